The van der Waals surface area contributed by atoms with E-state index in [4.69, 9.17) is 16.3 Å². The maximum absolute atomic E-state index is 12.4. The maximum atomic E-state index is 12.4. The number of benzene rings is 2. The minimum atomic E-state index is -3.44. The van der Waals surface area contributed by atoms with Crippen molar-refractivity contribution in [3.05, 3.63) is 58.6 Å². The zero-order valence-electron chi connectivity index (χ0n) is 14.7. The predicted octanol–water partition coefficient (Wildman–Crippen LogP) is 3.43. The molecule has 2 rings (SSSR count). The first-order valence-electron chi connectivity index (χ1n) is 7.95. The lowest BCUT2D eigenvalue weighted by Gasteiger charge is -2.12. The molecule has 140 valence electrons. The Hall–Kier alpha value is -2.25. The van der Waals surface area contributed by atoms with Crippen LogP contribution in [0.25, 0.3) is 0 Å². The Bertz CT molecular complexity index is 898. The van der Waals surface area contributed by atoms with E-state index in [1.807, 2.05) is 38.1 Å². The number of sulfonamides is 1. The molecule has 0 aliphatic carbocycles. The van der Waals surface area contributed by atoms with Crippen LogP contribution in [0.1, 0.15) is 29.8 Å². The van der Waals surface area contributed by atoms with Gasteiger partial charge in [0.15, 0.2) is 0 Å². The number of rotatable bonds is 7. The third kappa shape index (κ3) is 6.24. The SMILES string of the molecule is CC(C)Oc1cccc(CNC(=O)c2cc(NS(C)(=O)=O)ccc2Cl)c1. The summed E-state index contributed by atoms with van der Waals surface area (Å²) in [4.78, 5) is 12.4. The Balaban J connectivity index is 2.09. The molecule has 0 fully saturated rings. The molecule has 0 heterocycles. The molecule has 0 aliphatic heterocycles. The number of ether oxygens (including phenoxy) is 1. The largest absolute Gasteiger partial charge is 0.491 e. The van der Waals surface area contributed by atoms with Crippen LogP contribution in [0, 0.1) is 0 Å². The van der Waals surface area contributed by atoms with Crippen molar-refractivity contribution >= 4 is 33.2 Å². The van der Waals surface area contributed by atoms with Gasteiger partial charge in [-0.05, 0) is 49.7 Å². The van der Waals surface area contributed by atoms with Gasteiger partial charge >= 0.3 is 0 Å². The molecule has 0 atom stereocenters. The predicted molar refractivity (Wildman–Crippen MR) is 103 cm³/mol. The smallest absolute Gasteiger partial charge is 0.253 e. The maximum Gasteiger partial charge on any atom is 0.253 e. The highest BCUT2D eigenvalue weighted by atomic mass is 35.5. The molecule has 1 amide bonds. The molecule has 0 radical (unpaired) electrons. The van der Waals surface area contributed by atoms with Crippen molar-refractivity contribution in [2.45, 2.75) is 26.5 Å². The number of hydrogen-bond donors (Lipinski definition) is 2. The molecule has 0 saturated heterocycles. The van der Waals surface area contributed by atoms with Crippen molar-refractivity contribution in [3.8, 4) is 5.75 Å². The third-order valence-electron chi connectivity index (χ3n) is 3.24. The zero-order chi connectivity index (χ0) is 19.3. The van der Waals surface area contributed by atoms with Crippen LogP contribution in [-0.2, 0) is 16.6 Å². The normalized spacial score (nSPS) is 11.3. The Kier molecular flexibility index (Phi) is 6.50. The molecular weight excluding hydrogens is 376 g/mol. The fraction of sp³-hybridized carbons (Fsp3) is 0.278. The van der Waals surface area contributed by atoms with Crippen LogP contribution in [-0.4, -0.2) is 26.7 Å². The fourth-order valence-corrected chi connectivity index (χ4v) is 3.01. The third-order valence-corrected chi connectivity index (χ3v) is 4.17. The molecule has 2 aromatic rings. The molecule has 2 aromatic carbocycles. The zero-order valence-corrected chi connectivity index (χ0v) is 16.3. The number of hydrogen-bond acceptors (Lipinski definition) is 4. The Morgan fingerprint density at radius 3 is 2.58 bits per heavy atom. The Morgan fingerprint density at radius 2 is 1.92 bits per heavy atom. The molecular formula is C18H21ClN2O4S. The van der Waals surface area contributed by atoms with Gasteiger partial charge in [-0.15, -0.1) is 0 Å². The molecule has 0 spiro atoms. The molecule has 26 heavy (non-hydrogen) atoms. The van der Waals surface area contributed by atoms with Gasteiger partial charge in [0.2, 0.25) is 10.0 Å². The second-order valence-corrected chi connectivity index (χ2v) is 8.22. The molecule has 0 saturated carbocycles. The van der Waals surface area contributed by atoms with Crippen LogP contribution in [0.4, 0.5) is 5.69 Å². The molecule has 0 bridgehead atoms. The fourth-order valence-electron chi connectivity index (χ4n) is 2.26. The summed E-state index contributed by atoms with van der Waals surface area (Å²) in [5, 5.41) is 3.01. The van der Waals surface area contributed by atoms with Crippen LogP contribution >= 0.6 is 11.6 Å². The van der Waals surface area contributed by atoms with Crippen molar-refractivity contribution in [1.82, 2.24) is 5.32 Å². The van der Waals surface area contributed by atoms with E-state index in [-0.39, 0.29) is 28.9 Å². The minimum Gasteiger partial charge on any atom is -0.491 e. The van der Waals surface area contributed by atoms with E-state index < -0.39 is 15.9 Å². The van der Waals surface area contributed by atoms with Gasteiger partial charge in [0.1, 0.15) is 5.75 Å². The molecule has 6 nitrogen and oxygen atoms in total. The second kappa shape index (κ2) is 8.42. The molecule has 2 N–H and O–H groups in total. The Morgan fingerprint density at radius 1 is 1.19 bits per heavy atom. The van der Waals surface area contributed by atoms with E-state index in [0.29, 0.717) is 0 Å². The second-order valence-electron chi connectivity index (χ2n) is 6.07. The summed E-state index contributed by atoms with van der Waals surface area (Å²) in [5.74, 6) is 0.325. The molecule has 8 heteroatoms. The van der Waals surface area contributed by atoms with Gasteiger partial charge in [0, 0.05) is 12.2 Å². The summed E-state index contributed by atoms with van der Waals surface area (Å²) >= 11 is 6.07. The van der Waals surface area contributed by atoms with E-state index in [1.165, 1.54) is 18.2 Å². The number of carbonyl (C=O) groups excluding carboxylic acids is 1. The van der Waals surface area contributed by atoms with E-state index >= 15 is 0 Å². The number of anilines is 1. The number of amides is 1. The first-order valence-corrected chi connectivity index (χ1v) is 10.2. The highest BCUT2D eigenvalue weighted by molar-refractivity contribution is 7.92. The van der Waals surface area contributed by atoms with Crippen molar-refractivity contribution < 1.29 is 17.9 Å². The van der Waals surface area contributed by atoms with E-state index in [9.17, 15) is 13.2 Å². The first-order chi connectivity index (χ1) is 12.1. The van der Waals surface area contributed by atoms with E-state index in [1.54, 1.807) is 0 Å². The standard InChI is InChI=1S/C18H21ClN2O4S/c1-12(2)25-15-6-4-5-13(9-15)11-20-18(22)16-10-14(7-8-17(16)19)21-26(3,23)24/h4-10,12,21H,11H2,1-3H3,(H,20,22). The van der Waals surface area contributed by atoms with E-state index in [0.717, 1.165) is 17.6 Å². The van der Waals surface area contributed by atoms with Gasteiger partial charge in [-0.2, -0.15) is 0 Å². The van der Waals surface area contributed by atoms with Gasteiger partial charge in [0.25, 0.3) is 5.91 Å². The van der Waals surface area contributed by atoms with Gasteiger partial charge < -0.3 is 10.1 Å². The number of carbonyl (C=O) groups is 1. The van der Waals surface area contributed by atoms with E-state index in [2.05, 4.69) is 10.0 Å². The van der Waals surface area contributed by atoms with Crippen molar-refractivity contribution in [3.63, 3.8) is 0 Å². The minimum absolute atomic E-state index is 0.0590. The summed E-state index contributed by atoms with van der Waals surface area (Å²) < 4.78 is 30.6. The summed E-state index contributed by atoms with van der Waals surface area (Å²) in [6.07, 6.45) is 1.09. The quantitative estimate of drug-likeness (QED) is 0.750. The van der Waals surface area contributed by atoms with Gasteiger partial charge in [-0.25, -0.2) is 8.42 Å². The van der Waals surface area contributed by atoms with Crippen LogP contribution in [0.15, 0.2) is 42.5 Å². The van der Waals surface area contributed by atoms with Crippen LogP contribution in [0.2, 0.25) is 5.02 Å². The number of halogens is 1. The van der Waals surface area contributed by atoms with Gasteiger partial charge in [-0.3, -0.25) is 9.52 Å². The molecule has 0 aromatic heterocycles. The highest BCUT2D eigenvalue weighted by Gasteiger charge is 2.13. The topological polar surface area (TPSA) is 84.5 Å². The lowest BCUT2D eigenvalue weighted by Crippen LogP contribution is -2.23. The van der Waals surface area contributed by atoms with Gasteiger partial charge in [0.05, 0.1) is 22.9 Å². The van der Waals surface area contributed by atoms with Crippen LogP contribution in [0.3, 0.4) is 0 Å². The first kappa shape index (κ1) is 20.1. The summed E-state index contributed by atoms with van der Waals surface area (Å²) in [7, 11) is -3.44. The summed E-state index contributed by atoms with van der Waals surface area (Å²) in [5.41, 5.74) is 1.34. The van der Waals surface area contributed by atoms with Crippen LogP contribution < -0.4 is 14.8 Å². The average Bonchev–Trinajstić information content (AvgIpc) is 2.53. The number of nitrogens with one attached hydrogen (secondary N) is 2. The van der Waals surface area contributed by atoms with Crippen molar-refractivity contribution in [2.75, 3.05) is 11.0 Å². The summed E-state index contributed by atoms with van der Waals surface area (Å²) in [6, 6.07) is 11.8. The lowest BCUT2D eigenvalue weighted by atomic mass is 10.1. The summed E-state index contributed by atoms with van der Waals surface area (Å²) in [6.45, 7) is 4.16. The highest BCUT2D eigenvalue weighted by Crippen LogP contribution is 2.21. The molecule has 0 aliphatic rings. The molecule has 0 unspecified atom stereocenters. The average molecular weight is 397 g/mol. The lowest BCUT2D eigenvalue weighted by molar-refractivity contribution is 0.0951. The Labute approximate surface area is 158 Å². The van der Waals surface area contributed by atoms with Crippen molar-refractivity contribution in [2.24, 2.45) is 0 Å². The monoisotopic (exact) mass is 396 g/mol. The van der Waals surface area contributed by atoms with Gasteiger partial charge in [-0.1, -0.05) is 23.7 Å². The van der Waals surface area contributed by atoms with Crippen LogP contribution in [0.5, 0.6) is 5.75 Å². The van der Waals surface area contributed by atoms with Crippen molar-refractivity contribution in [1.29, 1.82) is 0 Å².